The molecule has 0 aliphatic carbocycles. The predicted octanol–water partition coefficient (Wildman–Crippen LogP) is 1.16. The molecule has 0 aromatic heterocycles. The predicted molar refractivity (Wildman–Crippen MR) is 55.3 cm³/mol. The minimum atomic E-state index is -1.10. The van der Waals surface area contributed by atoms with Crippen LogP contribution in [0.15, 0.2) is 12.1 Å². The number of carbonyl (C=O) groups is 1. The van der Waals surface area contributed by atoms with Crippen LogP contribution in [0.5, 0.6) is 0 Å². The maximum absolute atomic E-state index is 13.3. The van der Waals surface area contributed by atoms with Gasteiger partial charge in [0.05, 0.1) is 17.1 Å². The molecular formula is C9H9F2N3O3. The van der Waals surface area contributed by atoms with Gasteiger partial charge in [0.2, 0.25) is 5.91 Å². The molecule has 0 spiro atoms. The van der Waals surface area contributed by atoms with E-state index >= 15 is 0 Å². The van der Waals surface area contributed by atoms with Crippen LogP contribution in [-0.4, -0.2) is 17.4 Å². The molecule has 1 rings (SSSR count). The van der Waals surface area contributed by atoms with E-state index in [-0.39, 0.29) is 13.0 Å². The lowest BCUT2D eigenvalue weighted by molar-refractivity contribution is -0.385. The van der Waals surface area contributed by atoms with E-state index in [1.807, 2.05) is 0 Å². The number of amides is 1. The molecule has 1 amide bonds. The van der Waals surface area contributed by atoms with Crippen LogP contribution in [0.25, 0.3) is 0 Å². The van der Waals surface area contributed by atoms with Crippen LogP contribution >= 0.6 is 0 Å². The van der Waals surface area contributed by atoms with E-state index in [4.69, 9.17) is 5.73 Å². The molecule has 17 heavy (non-hydrogen) atoms. The van der Waals surface area contributed by atoms with Crippen molar-refractivity contribution in [1.82, 2.24) is 0 Å². The number of hydrogen-bond donors (Lipinski definition) is 2. The number of hydrogen-bond acceptors (Lipinski definition) is 4. The van der Waals surface area contributed by atoms with E-state index < -0.39 is 33.8 Å². The molecule has 0 saturated heterocycles. The van der Waals surface area contributed by atoms with Crippen LogP contribution in [0, 0.1) is 21.7 Å². The summed E-state index contributed by atoms with van der Waals surface area (Å²) in [6.45, 7) is -0.0546. The van der Waals surface area contributed by atoms with E-state index in [1.165, 1.54) is 0 Å². The van der Waals surface area contributed by atoms with Crippen LogP contribution in [-0.2, 0) is 4.79 Å². The summed E-state index contributed by atoms with van der Waals surface area (Å²) in [5, 5.41) is 12.6. The van der Waals surface area contributed by atoms with Gasteiger partial charge in [-0.05, 0) is 0 Å². The van der Waals surface area contributed by atoms with Crippen molar-refractivity contribution in [2.24, 2.45) is 5.73 Å². The highest BCUT2D eigenvalue weighted by atomic mass is 19.1. The zero-order chi connectivity index (χ0) is 13.0. The highest BCUT2D eigenvalue weighted by Crippen LogP contribution is 2.24. The Morgan fingerprint density at radius 3 is 2.35 bits per heavy atom. The van der Waals surface area contributed by atoms with Gasteiger partial charge >= 0.3 is 0 Å². The fourth-order valence-electron chi connectivity index (χ4n) is 1.14. The number of carbonyl (C=O) groups excluding carboxylic acids is 1. The molecule has 1 aromatic rings. The smallest absolute Gasteiger partial charge is 0.275 e. The number of anilines is 1. The number of primary amides is 1. The van der Waals surface area contributed by atoms with Gasteiger partial charge < -0.3 is 11.1 Å². The molecule has 0 heterocycles. The maximum Gasteiger partial charge on any atom is 0.275 e. The van der Waals surface area contributed by atoms with Crippen molar-refractivity contribution >= 4 is 17.3 Å². The number of nitrogens with one attached hydrogen (secondary N) is 1. The highest BCUT2D eigenvalue weighted by molar-refractivity contribution is 5.74. The number of rotatable bonds is 5. The summed E-state index contributed by atoms with van der Waals surface area (Å²) in [6, 6.07) is 1.19. The molecule has 8 heteroatoms. The molecule has 0 aliphatic heterocycles. The Morgan fingerprint density at radius 2 is 1.94 bits per heavy atom. The molecule has 6 nitrogen and oxygen atoms in total. The van der Waals surface area contributed by atoms with Crippen molar-refractivity contribution in [1.29, 1.82) is 0 Å². The topological polar surface area (TPSA) is 98.3 Å². The van der Waals surface area contributed by atoms with Crippen LogP contribution in [0.1, 0.15) is 6.42 Å². The molecule has 0 bridgehead atoms. The van der Waals surface area contributed by atoms with E-state index in [9.17, 15) is 23.7 Å². The lowest BCUT2D eigenvalue weighted by atomic mass is 10.2. The first-order valence-corrected chi connectivity index (χ1v) is 4.57. The number of nitrogens with two attached hydrogens (primary N) is 1. The summed E-state index contributed by atoms with van der Waals surface area (Å²) in [4.78, 5) is 19.8. The van der Waals surface area contributed by atoms with Gasteiger partial charge in [-0.2, -0.15) is 0 Å². The molecule has 0 saturated carbocycles. The third kappa shape index (κ3) is 3.37. The zero-order valence-corrected chi connectivity index (χ0v) is 8.57. The number of nitro benzene ring substituents is 1. The average Bonchev–Trinajstić information content (AvgIpc) is 2.21. The molecule has 1 aromatic carbocycles. The van der Waals surface area contributed by atoms with Gasteiger partial charge in [-0.15, -0.1) is 0 Å². The van der Waals surface area contributed by atoms with E-state index in [1.54, 1.807) is 0 Å². The Kier molecular flexibility index (Phi) is 3.91. The van der Waals surface area contributed by atoms with Gasteiger partial charge in [-0.25, -0.2) is 8.78 Å². The van der Waals surface area contributed by atoms with Gasteiger partial charge in [-0.1, -0.05) is 0 Å². The Bertz CT molecular complexity index is 442. The second-order valence-electron chi connectivity index (χ2n) is 3.18. The second-order valence-corrected chi connectivity index (χ2v) is 3.18. The van der Waals surface area contributed by atoms with Crippen molar-refractivity contribution in [2.45, 2.75) is 6.42 Å². The van der Waals surface area contributed by atoms with Crippen molar-refractivity contribution in [3.63, 3.8) is 0 Å². The van der Waals surface area contributed by atoms with Gasteiger partial charge in [0.15, 0.2) is 11.6 Å². The SMILES string of the molecule is NC(=O)CCNc1c(F)cc([N+](=O)[O-])cc1F. The molecule has 0 aliphatic rings. The van der Waals surface area contributed by atoms with Gasteiger partial charge in [-0.3, -0.25) is 14.9 Å². The summed E-state index contributed by atoms with van der Waals surface area (Å²) in [5.74, 6) is -2.82. The zero-order valence-electron chi connectivity index (χ0n) is 8.57. The minimum absolute atomic E-state index is 0.0546. The third-order valence-corrected chi connectivity index (χ3v) is 1.91. The summed E-state index contributed by atoms with van der Waals surface area (Å²) in [7, 11) is 0. The number of nitro groups is 1. The summed E-state index contributed by atoms with van der Waals surface area (Å²) >= 11 is 0. The first kappa shape index (κ1) is 12.8. The average molecular weight is 245 g/mol. The molecular weight excluding hydrogens is 236 g/mol. The quantitative estimate of drug-likeness (QED) is 0.600. The maximum atomic E-state index is 13.3. The molecule has 3 N–H and O–H groups in total. The van der Waals surface area contributed by atoms with Gasteiger partial charge in [0.25, 0.3) is 5.69 Å². The van der Waals surface area contributed by atoms with Gasteiger partial charge in [0, 0.05) is 13.0 Å². The summed E-state index contributed by atoms with van der Waals surface area (Å²) in [6.07, 6.45) is -0.101. The molecule has 0 unspecified atom stereocenters. The van der Waals surface area contributed by atoms with Crippen LogP contribution in [0.2, 0.25) is 0 Å². The fourth-order valence-corrected chi connectivity index (χ4v) is 1.14. The van der Waals surface area contributed by atoms with Gasteiger partial charge in [0.1, 0.15) is 5.69 Å². The second kappa shape index (κ2) is 5.19. The highest BCUT2D eigenvalue weighted by Gasteiger charge is 2.16. The number of nitrogens with zero attached hydrogens (tertiary/aromatic N) is 1. The number of non-ortho nitro benzene ring substituents is 1. The minimum Gasteiger partial charge on any atom is -0.380 e. The Labute approximate surface area is 94.6 Å². The van der Waals surface area contributed by atoms with Crippen LogP contribution in [0.3, 0.4) is 0 Å². The Hall–Kier alpha value is -2.25. The number of benzene rings is 1. The first-order chi connectivity index (χ1) is 7.91. The molecule has 0 fully saturated rings. The summed E-state index contributed by atoms with van der Waals surface area (Å²) in [5.41, 5.74) is 3.64. The normalized spacial score (nSPS) is 10.0. The number of halogens is 2. The monoisotopic (exact) mass is 245 g/mol. The summed E-state index contributed by atoms with van der Waals surface area (Å²) < 4.78 is 26.5. The Balaban J connectivity index is 2.86. The first-order valence-electron chi connectivity index (χ1n) is 4.57. The molecule has 92 valence electrons. The van der Waals surface area contributed by atoms with Crippen LogP contribution < -0.4 is 11.1 Å². The van der Waals surface area contributed by atoms with Crippen molar-refractivity contribution < 1.29 is 18.5 Å². The van der Waals surface area contributed by atoms with E-state index in [2.05, 4.69) is 5.32 Å². The molecule has 0 atom stereocenters. The lowest BCUT2D eigenvalue weighted by Crippen LogP contribution is -2.16. The van der Waals surface area contributed by atoms with Crippen molar-refractivity contribution in [3.8, 4) is 0 Å². The largest absolute Gasteiger partial charge is 0.380 e. The fraction of sp³-hybridized carbons (Fsp3) is 0.222. The Morgan fingerprint density at radius 1 is 1.41 bits per heavy atom. The van der Waals surface area contributed by atoms with E-state index in [0.29, 0.717) is 12.1 Å². The van der Waals surface area contributed by atoms with Crippen molar-refractivity contribution in [3.05, 3.63) is 33.9 Å². The third-order valence-electron chi connectivity index (χ3n) is 1.91. The van der Waals surface area contributed by atoms with E-state index in [0.717, 1.165) is 0 Å². The van der Waals surface area contributed by atoms with Crippen molar-refractivity contribution in [2.75, 3.05) is 11.9 Å². The standard InChI is InChI=1S/C9H9F2N3O3/c10-6-3-5(14(16)17)4-7(11)9(6)13-2-1-8(12)15/h3-4,13H,1-2H2,(H2,12,15). The molecule has 0 radical (unpaired) electrons. The lowest BCUT2D eigenvalue weighted by Gasteiger charge is -2.07. The van der Waals surface area contributed by atoms with Crippen LogP contribution in [0.4, 0.5) is 20.2 Å².